The van der Waals surface area contributed by atoms with Crippen molar-refractivity contribution in [2.75, 3.05) is 23.0 Å². The maximum atomic E-state index is 11.6. The van der Waals surface area contributed by atoms with Gasteiger partial charge in [-0.2, -0.15) is 0 Å². The Morgan fingerprint density at radius 1 is 1.53 bits per heavy atom. The minimum absolute atomic E-state index is 0.0644. The molecule has 0 amide bonds. The predicted molar refractivity (Wildman–Crippen MR) is 82.8 cm³/mol. The van der Waals surface area contributed by atoms with Crippen molar-refractivity contribution in [3.8, 4) is 0 Å². The van der Waals surface area contributed by atoms with Crippen molar-refractivity contribution in [2.45, 2.75) is 13.0 Å². The van der Waals surface area contributed by atoms with Crippen LogP contribution in [-0.2, 0) is 9.84 Å². The number of rotatable bonds is 2. The van der Waals surface area contributed by atoms with Crippen LogP contribution >= 0.6 is 23.8 Å². The number of anilines is 1. The van der Waals surface area contributed by atoms with E-state index in [4.69, 9.17) is 29.6 Å². The van der Waals surface area contributed by atoms with E-state index in [0.29, 0.717) is 17.1 Å². The van der Waals surface area contributed by atoms with E-state index in [1.807, 2.05) is 17.9 Å². The molecule has 1 fully saturated rings. The molecule has 0 spiro atoms. The van der Waals surface area contributed by atoms with Gasteiger partial charge in [-0.1, -0.05) is 23.8 Å². The Labute approximate surface area is 123 Å². The van der Waals surface area contributed by atoms with E-state index in [1.165, 1.54) is 0 Å². The minimum Gasteiger partial charge on any atom is -0.389 e. The fraction of sp³-hybridized carbons (Fsp3) is 0.417. The molecule has 2 rings (SSSR count). The summed E-state index contributed by atoms with van der Waals surface area (Å²) in [6.45, 7) is 2.37. The van der Waals surface area contributed by atoms with Gasteiger partial charge in [0.25, 0.3) is 0 Å². The van der Waals surface area contributed by atoms with E-state index >= 15 is 0 Å². The highest BCUT2D eigenvalue weighted by Gasteiger charge is 2.28. The summed E-state index contributed by atoms with van der Waals surface area (Å²) >= 11 is 11.0. The Balaban J connectivity index is 2.28. The van der Waals surface area contributed by atoms with Crippen LogP contribution in [-0.4, -0.2) is 37.5 Å². The van der Waals surface area contributed by atoms with Gasteiger partial charge in [0.1, 0.15) is 4.99 Å². The van der Waals surface area contributed by atoms with Crippen molar-refractivity contribution < 1.29 is 8.42 Å². The number of halogens is 1. The third kappa shape index (κ3) is 3.19. The Kier molecular flexibility index (Phi) is 4.03. The van der Waals surface area contributed by atoms with Crippen LogP contribution in [0.4, 0.5) is 5.69 Å². The second kappa shape index (κ2) is 5.26. The maximum absolute atomic E-state index is 11.6. The number of nitrogens with zero attached hydrogens (tertiary/aromatic N) is 1. The molecule has 1 aliphatic heterocycles. The molecule has 1 atom stereocenters. The zero-order valence-electron chi connectivity index (χ0n) is 10.5. The molecule has 2 N–H and O–H groups in total. The first-order valence-electron chi connectivity index (χ1n) is 5.86. The Bertz CT molecular complexity index is 616. The second-order valence-electron chi connectivity index (χ2n) is 4.69. The lowest BCUT2D eigenvalue weighted by Crippen LogP contribution is -2.47. The van der Waals surface area contributed by atoms with Crippen LogP contribution in [0.15, 0.2) is 18.2 Å². The predicted octanol–water partition coefficient (Wildman–Crippen LogP) is 1.60. The third-order valence-electron chi connectivity index (χ3n) is 3.22. The Hall–Kier alpha value is -0.850. The quantitative estimate of drug-likeness (QED) is 0.839. The summed E-state index contributed by atoms with van der Waals surface area (Å²) in [4.78, 5) is 2.29. The number of thiocarbonyl (C=S) groups is 1. The van der Waals surface area contributed by atoms with Gasteiger partial charge < -0.3 is 10.6 Å². The summed E-state index contributed by atoms with van der Waals surface area (Å²) in [5.74, 6) is 0.341. The lowest BCUT2D eigenvalue weighted by Gasteiger charge is -2.35. The van der Waals surface area contributed by atoms with Gasteiger partial charge in [-0.05, 0) is 25.1 Å². The molecule has 1 saturated heterocycles. The number of hydrogen-bond acceptors (Lipinski definition) is 4. The standard InChI is InChI=1S/C12H15ClN2O2S2/c1-8-7-19(16,17)5-4-15(8)9-2-3-10(12(14)18)11(13)6-9/h2-3,6,8H,4-5,7H2,1H3,(H2,14,18). The van der Waals surface area contributed by atoms with Crippen molar-refractivity contribution in [1.29, 1.82) is 0 Å². The molecule has 104 valence electrons. The van der Waals surface area contributed by atoms with E-state index in [-0.39, 0.29) is 22.5 Å². The van der Waals surface area contributed by atoms with Crippen LogP contribution in [0.25, 0.3) is 0 Å². The van der Waals surface area contributed by atoms with Gasteiger partial charge in [-0.25, -0.2) is 8.42 Å². The number of nitrogens with two attached hydrogens (primary N) is 1. The first-order valence-corrected chi connectivity index (χ1v) is 8.47. The highest BCUT2D eigenvalue weighted by Crippen LogP contribution is 2.27. The molecule has 0 bridgehead atoms. The molecule has 0 aliphatic carbocycles. The molecular formula is C12H15ClN2O2S2. The lowest BCUT2D eigenvalue weighted by molar-refractivity contribution is 0.568. The molecule has 0 radical (unpaired) electrons. The topological polar surface area (TPSA) is 63.4 Å². The lowest BCUT2D eigenvalue weighted by atomic mass is 10.1. The molecule has 7 heteroatoms. The number of sulfone groups is 1. The highest BCUT2D eigenvalue weighted by atomic mass is 35.5. The van der Waals surface area contributed by atoms with Gasteiger partial charge in [0.15, 0.2) is 9.84 Å². The third-order valence-corrected chi connectivity index (χ3v) is 5.55. The van der Waals surface area contributed by atoms with Gasteiger partial charge in [0.05, 0.1) is 16.5 Å². The molecular weight excluding hydrogens is 304 g/mol. The van der Waals surface area contributed by atoms with Gasteiger partial charge >= 0.3 is 0 Å². The van der Waals surface area contributed by atoms with Crippen LogP contribution in [0, 0.1) is 0 Å². The monoisotopic (exact) mass is 318 g/mol. The van der Waals surface area contributed by atoms with Crippen molar-refractivity contribution in [1.82, 2.24) is 0 Å². The smallest absolute Gasteiger partial charge is 0.154 e. The Morgan fingerprint density at radius 3 is 2.74 bits per heavy atom. The van der Waals surface area contributed by atoms with Gasteiger partial charge in [0, 0.05) is 23.8 Å². The Morgan fingerprint density at radius 2 is 2.21 bits per heavy atom. The van der Waals surface area contributed by atoms with E-state index in [9.17, 15) is 8.42 Å². The van der Waals surface area contributed by atoms with Crippen molar-refractivity contribution in [3.05, 3.63) is 28.8 Å². The summed E-state index contributed by atoms with van der Waals surface area (Å²) in [5, 5.41) is 0.491. The minimum atomic E-state index is -2.92. The van der Waals surface area contributed by atoms with Crippen LogP contribution in [0.1, 0.15) is 12.5 Å². The number of benzene rings is 1. The van der Waals surface area contributed by atoms with Crippen molar-refractivity contribution in [3.63, 3.8) is 0 Å². The maximum Gasteiger partial charge on any atom is 0.154 e. The van der Waals surface area contributed by atoms with E-state index in [1.54, 1.807) is 12.1 Å². The molecule has 19 heavy (non-hydrogen) atoms. The van der Waals surface area contributed by atoms with E-state index < -0.39 is 9.84 Å². The van der Waals surface area contributed by atoms with Crippen LogP contribution < -0.4 is 10.6 Å². The largest absolute Gasteiger partial charge is 0.389 e. The summed E-state index contributed by atoms with van der Waals surface area (Å²) in [5.41, 5.74) is 7.09. The van der Waals surface area contributed by atoms with Crippen molar-refractivity contribution >= 4 is 44.3 Å². The summed E-state index contributed by atoms with van der Waals surface area (Å²) in [7, 11) is -2.92. The molecule has 1 aromatic rings. The highest BCUT2D eigenvalue weighted by molar-refractivity contribution is 7.91. The van der Waals surface area contributed by atoms with E-state index in [0.717, 1.165) is 5.69 Å². The normalized spacial score (nSPS) is 22.2. The van der Waals surface area contributed by atoms with Crippen LogP contribution in [0.5, 0.6) is 0 Å². The summed E-state index contributed by atoms with van der Waals surface area (Å²) in [6, 6.07) is 5.36. The zero-order chi connectivity index (χ0) is 14.2. The second-order valence-corrected chi connectivity index (χ2v) is 7.76. The van der Waals surface area contributed by atoms with E-state index in [2.05, 4.69) is 0 Å². The average molecular weight is 319 g/mol. The van der Waals surface area contributed by atoms with Crippen LogP contribution in [0.2, 0.25) is 5.02 Å². The fourth-order valence-electron chi connectivity index (χ4n) is 2.26. The molecule has 0 saturated carbocycles. The summed E-state index contributed by atoms with van der Waals surface area (Å²) < 4.78 is 23.1. The number of hydrogen-bond donors (Lipinski definition) is 1. The molecule has 1 aromatic carbocycles. The summed E-state index contributed by atoms with van der Waals surface area (Å²) in [6.07, 6.45) is 0. The molecule has 4 nitrogen and oxygen atoms in total. The average Bonchev–Trinajstić information content (AvgIpc) is 2.26. The first-order chi connectivity index (χ1) is 8.80. The fourth-order valence-corrected chi connectivity index (χ4v) is 4.33. The van der Waals surface area contributed by atoms with Gasteiger partial charge in [-0.15, -0.1) is 0 Å². The van der Waals surface area contributed by atoms with Crippen molar-refractivity contribution in [2.24, 2.45) is 5.73 Å². The molecule has 1 unspecified atom stereocenters. The van der Waals surface area contributed by atoms with Crippen LogP contribution in [0.3, 0.4) is 0 Å². The zero-order valence-corrected chi connectivity index (χ0v) is 12.9. The van der Waals surface area contributed by atoms with Gasteiger partial charge in [-0.3, -0.25) is 0 Å². The molecule has 1 heterocycles. The first kappa shape index (κ1) is 14.6. The molecule has 0 aromatic heterocycles. The van der Waals surface area contributed by atoms with Gasteiger partial charge in [0.2, 0.25) is 0 Å². The molecule has 1 aliphatic rings. The SMILES string of the molecule is CC1CS(=O)(=O)CCN1c1ccc(C(N)=S)c(Cl)c1.